The molecule has 2 N–H and O–H groups in total. The number of hydrogen-bond acceptors (Lipinski definition) is 2. The van der Waals surface area contributed by atoms with Crippen LogP contribution in [0.5, 0.6) is 0 Å². The Morgan fingerprint density at radius 2 is 2.21 bits per heavy atom. The molecule has 0 amide bonds. The van der Waals surface area contributed by atoms with Crippen LogP contribution in [0.3, 0.4) is 0 Å². The van der Waals surface area contributed by atoms with Crippen molar-refractivity contribution in [3.63, 3.8) is 0 Å². The van der Waals surface area contributed by atoms with E-state index in [-0.39, 0.29) is 5.02 Å². The molecule has 5 heteroatoms. The van der Waals surface area contributed by atoms with Crippen LogP contribution < -0.4 is 5.32 Å². The smallest absolute Gasteiger partial charge is 0.325 e. The molecule has 0 bridgehead atoms. The van der Waals surface area contributed by atoms with E-state index in [0.717, 1.165) is 12.1 Å². The van der Waals surface area contributed by atoms with Crippen LogP contribution in [0, 0.1) is 5.82 Å². The van der Waals surface area contributed by atoms with E-state index in [9.17, 15) is 9.18 Å². The molecule has 0 fully saturated rings. The minimum absolute atomic E-state index is 0.182. The third-order valence-electron chi connectivity index (χ3n) is 1.75. The Morgan fingerprint density at radius 3 is 2.64 bits per heavy atom. The van der Waals surface area contributed by atoms with E-state index in [1.54, 1.807) is 0 Å². The highest BCUT2D eigenvalue weighted by atomic mass is 35.5. The summed E-state index contributed by atoms with van der Waals surface area (Å²) < 4.78 is 12.9. The molecule has 0 heterocycles. The van der Waals surface area contributed by atoms with Gasteiger partial charge in [0.05, 0.1) is 0 Å². The molecule has 0 aromatic heterocycles. The van der Waals surface area contributed by atoms with E-state index in [2.05, 4.69) is 5.32 Å². The predicted octanol–water partition coefficient (Wildman–Crippen LogP) is 1.82. The van der Waals surface area contributed by atoms with Crippen LogP contribution in [-0.4, -0.2) is 18.1 Å². The monoisotopic (exact) mass is 217 g/mol. The molecule has 0 saturated carbocycles. The zero-order valence-electron chi connectivity index (χ0n) is 7.42. The molecule has 0 spiro atoms. The third kappa shape index (κ3) is 2.43. The lowest BCUT2D eigenvalue weighted by molar-refractivity contribution is -0.139. The molecule has 14 heavy (non-hydrogen) atoms. The van der Waals surface area contributed by atoms with Crippen molar-refractivity contribution in [3.05, 3.63) is 34.6 Å². The number of carboxylic acids is 1. The van der Waals surface area contributed by atoms with Gasteiger partial charge in [0, 0.05) is 5.02 Å². The second-order valence-electron chi connectivity index (χ2n) is 2.76. The molecular formula is C9H9ClFNO2. The topological polar surface area (TPSA) is 49.3 Å². The van der Waals surface area contributed by atoms with Gasteiger partial charge in [0.15, 0.2) is 0 Å². The standard InChI is InChI=1S/C9H9ClFNO2/c1-12-8(9(13)14)5-2-6(10)4-7(11)3-5/h2-4,8,12H,1H3,(H,13,14). The lowest BCUT2D eigenvalue weighted by Gasteiger charge is -2.11. The van der Waals surface area contributed by atoms with Gasteiger partial charge in [-0.2, -0.15) is 0 Å². The van der Waals surface area contributed by atoms with Gasteiger partial charge in [-0.05, 0) is 30.8 Å². The van der Waals surface area contributed by atoms with Gasteiger partial charge in [0.25, 0.3) is 0 Å². The predicted molar refractivity (Wildman–Crippen MR) is 50.8 cm³/mol. The minimum Gasteiger partial charge on any atom is -0.480 e. The van der Waals surface area contributed by atoms with Crippen LogP contribution in [0.25, 0.3) is 0 Å². The molecule has 0 aliphatic heterocycles. The summed E-state index contributed by atoms with van der Waals surface area (Å²) in [6, 6.07) is 2.74. The summed E-state index contributed by atoms with van der Waals surface area (Å²) in [7, 11) is 1.48. The molecule has 0 saturated heterocycles. The van der Waals surface area contributed by atoms with Crippen molar-refractivity contribution in [2.24, 2.45) is 0 Å². The lowest BCUT2D eigenvalue weighted by atomic mass is 10.1. The van der Waals surface area contributed by atoms with E-state index < -0.39 is 17.8 Å². The summed E-state index contributed by atoms with van der Waals surface area (Å²) >= 11 is 5.60. The molecule has 1 unspecified atom stereocenters. The first kappa shape index (κ1) is 10.9. The van der Waals surface area contributed by atoms with Crippen molar-refractivity contribution in [1.82, 2.24) is 5.32 Å². The molecule has 3 nitrogen and oxygen atoms in total. The van der Waals surface area contributed by atoms with E-state index in [0.29, 0.717) is 5.56 Å². The number of likely N-dealkylation sites (N-methyl/N-ethyl adjacent to an activating group) is 1. The number of carbonyl (C=O) groups is 1. The van der Waals surface area contributed by atoms with Crippen molar-refractivity contribution in [1.29, 1.82) is 0 Å². The summed E-state index contributed by atoms with van der Waals surface area (Å²) in [6.45, 7) is 0. The average Bonchev–Trinajstić information content (AvgIpc) is 2.02. The van der Waals surface area contributed by atoms with E-state index >= 15 is 0 Å². The Bertz CT molecular complexity index is 336. The second kappa shape index (κ2) is 4.39. The highest BCUT2D eigenvalue weighted by Crippen LogP contribution is 2.19. The maximum atomic E-state index is 12.9. The highest BCUT2D eigenvalue weighted by molar-refractivity contribution is 6.30. The van der Waals surface area contributed by atoms with Crippen molar-refractivity contribution < 1.29 is 14.3 Å². The molecule has 1 aromatic rings. The van der Waals surface area contributed by atoms with Gasteiger partial charge >= 0.3 is 5.97 Å². The first-order valence-corrected chi connectivity index (χ1v) is 4.28. The fraction of sp³-hybridized carbons (Fsp3) is 0.222. The van der Waals surface area contributed by atoms with Crippen LogP contribution >= 0.6 is 11.6 Å². The molecule has 0 aliphatic rings. The van der Waals surface area contributed by atoms with Gasteiger partial charge in [-0.1, -0.05) is 11.6 Å². The third-order valence-corrected chi connectivity index (χ3v) is 1.97. The summed E-state index contributed by atoms with van der Waals surface area (Å²) in [5, 5.41) is 11.5. The summed E-state index contributed by atoms with van der Waals surface area (Å²) in [6.07, 6.45) is 0. The normalized spacial score (nSPS) is 12.5. The number of benzene rings is 1. The van der Waals surface area contributed by atoms with Crippen molar-refractivity contribution >= 4 is 17.6 Å². The number of halogens is 2. The van der Waals surface area contributed by atoms with Crippen LogP contribution in [-0.2, 0) is 4.79 Å². The quantitative estimate of drug-likeness (QED) is 0.812. The van der Waals surface area contributed by atoms with Gasteiger partial charge in [-0.15, -0.1) is 0 Å². The molecular weight excluding hydrogens is 209 g/mol. The van der Waals surface area contributed by atoms with Crippen LogP contribution in [0.2, 0.25) is 5.02 Å². The van der Waals surface area contributed by atoms with Crippen molar-refractivity contribution in [2.75, 3.05) is 7.05 Å². The van der Waals surface area contributed by atoms with E-state index in [4.69, 9.17) is 16.7 Å². The van der Waals surface area contributed by atoms with Crippen LogP contribution in [0.1, 0.15) is 11.6 Å². The molecule has 76 valence electrons. The average molecular weight is 218 g/mol. The first-order valence-electron chi connectivity index (χ1n) is 3.90. The first-order chi connectivity index (χ1) is 6.54. The number of carboxylic acid groups (broad SMARTS) is 1. The van der Waals surface area contributed by atoms with E-state index in [1.165, 1.54) is 13.1 Å². The largest absolute Gasteiger partial charge is 0.480 e. The Balaban J connectivity index is 3.10. The Kier molecular flexibility index (Phi) is 3.43. The Morgan fingerprint density at radius 1 is 1.57 bits per heavy atom. The molecule has 0 radical (unpaired) electrons. The van der Waals surface area contributed by atoms with Gasteiger partial charge in [-0.25, -0.2) is 4.39 Å². The number of aliphatic carboxylic acids is 1. The Hall–Kier alpha value is -1.13. The molecule has 1 atom stereocenters. The zero-order chi connectivity index (χ0) is 10.7. The molecule has 0 aliphatic carbocycles. The zero-order valence-corrected chi connectivity index (χ0v) is 8.18. The van der Waals surface area contributed by atoms with Crippen molar-refractivity contribution in [3.8, 4) is 0 Å². The highest BCUT2D eigenvalue weighted by Gasteiger charge is 2.18. The Labute approximate surface area is 85.5 Å². The van der Waals surface area contributed by atoms with Gasteiger partial charge in [-0.3, -0.25) is 4.79 Å². The van der Waals surface area contributed by atoms with Crippen molar-refractivity contribution in [2.45, 2.75) is 6.04 Å². The van der Waals surface area contributed by atoms with Gasteiger partial charge in [0.1, 0.15) is 11.9 Å². The SMILES string of the molecule is CNC(C(=O)O)c1cc(F)cc(Cl)c1. The second-order valence-corrected chi connectivity index (χ2v) is 3.20. The fourth-order valence-electron chi connectivity index (χ4n) is 1.17. The summed E-state index contributed by atoms with van der Waals surface area (Å²) in [5.74, 6) is -1.62. The minimum atomic E-state index is -1.07. The fourth-order valence-corrected chi connectivity index (χ4v) is 1.40. The van der Waals surface area contributed by atoms with E-state index in [1.807, 2.05) is 0 Å². The van der Waals surface area contributed by atoms with Crippen LogP contribution in [0.4, 0.5) is 4.39 Å². The van der Waals surface area contributed by atoms with Gasteiger partial charge < -0.3 is 10.4 Å². The summed E-state index contributed by atoms with van der Waals surface area (Å²) in [5.41, 5.74) is 0.296. The number of hydrogen-bond donors (Lipinski definition) is 2. The number of nitrogens with one attached hydrogen (secondary N) is 1. The number of rotatable bonds is 3. The maximum Gasteiger partial charge on any atom is 0.325 e. The van der Waals surface area contributed by atoms with Crippen LogP contribution in [0.15, 0.2) is 18.2 Å². The summed E-state index contributed by atoms with van der Waals surface area (Å²) in [4.78, 5) is 10.7. The molecule has 1 rings (SSSR count). The maximum absolute atomic E-state index is 12.9. The van der Waals surface area contributed by atoms with Gasteiger partial charge in [0.2, 0.25) is 0 Å². The molecule has 1 aromatic carbocycles. The lowest BCUT2D eigenvalue weighted by Crippen LogP contribution is -2.25.